The van der Waals surface area contributed by atoms with Crippen molar-refractivity contribution < 1.29 is 14.3 Å². The number of nitrogens with one attached hydrogen (secondary N) is 1. The van der Waals surface area contributed by atoms with Crippen molar-refractivity contribution in [1.82, 2.24) is 14.8 Å². The van der Waals surface area contributed by atoms with Crippen molar-refractivity contribution in [1.29, 1.82) is 0 Å². The maximum Gasteiger partial charge on any atom is 0.341 e. The summed E-state index contributed by atoms with van der Waals surface area (Å²) >= 11 is 0. The van der Waals surface area contributed by atoms with Crippen molar-refractivity contribution in [2.24, 2.45) is 0 Å². The first-order valence-electron chi connectivity index (χ1n) is 10.1. The lowest BCUT2D eigenvalue weighted by molar-refractivity contribution is 0.0694. The summed E-state index contributed by atoms with van der Waals surface area (Å²) in [5.74, 6) is -1.63. The third kappa shape index (κ3) is 6.85. The van der Waals surface area contributed by atoms with Crippen molar-refractivity contribution in [2.45, 2.75) is 54.5 Å². The Morgan fingerprint density at radius 1 is 1.38 bits per heavy atom. The number of rotatable bonds is 8. The van der Waals surface area contributed by atoms with E-state index in [-0.39, 0.29) is 22.7 Å². The minimum atomic E-state index is -1.27. The molecule has 0 saturated carbocycles. The van der Waals surface area contributed by atoms with Gasteiger partial charge in [-0.05, 0) is 47.7 Å². The number of hydrogen-bond donors (Lipinski definition) is 2. The molecule has 0 aliphatic carbocycles. The second-order valence-corrected chi connectivity index (χ2v) is 6.51. The highest BCUT2D eigenvalue weighted by atomic mass is 19.1. The Morgan fingerprint density at radius 3 is 2.34 bits per heavy atom. The van der Waals surface area contributed by atoms with Crippen LogP contribution in [-0.2, 0) is 0 Å². The molecule has 0 aliphatic heterocycles. The molecule has 0 unspecified atom stereocenters. The molecule has 29 heavy (non-hydrogen) atoms. The van der Waals surface area contributed by atoms with Crippen LogP contribution in [0.4, 0.5) is 4.39 Å². The fourth-order valence-corrected chi connectivity index (χ4v) is 2.91. The predicted octanol–water partition coefficient (Wildman–Crippen LogP) is 2.48. The van der Waals surface area contributed by atoms with Crippen LogP contribution in [0.5, 0.6) is 0 Å². The number of nitrogens with zero attached hydrogens (tertiary/aromatic N) is 2. The molecule has 6 nitrogen and oxygen atoms in total. The highest BCUT2D eigenvalue weighted by molar-refractivity contribution is 5.87. The van der Waals surface area contributed by atoms with Gasteiger partial charge in [0.05, 0.1) is 11.0 Å². The average molecular weight is 410 g/mol. The van der Waals surface area contributed by atoms with Crippen LogP contribution in [-0.4, -0.2) is 47.2 Å². The zero-order chi connectivity index (χ0) is 22.7. The molecule has 2 N–H and O–H groups in total. The minimum Gasteiger partial charge on any atom is -0.477 e. The minimum absolute atomic E-state index is 0.109. The van der Waals surface area contributed by atoms with Gasteiger partial charge in [0.2, 0.25) is 5.43 Å². The zero-order valence-electron chi connectivity index (χ0n) is 19.0. The molecule has 0 aliphatic rings. The molecule has 164 valence electrons. The number of carboxylic acid groups (broad SMARTS) is 1. The number of aromatic carboxylic acids is 1. The molecule has 0 fully saturated rings. The van der Waals surface area contributed by atoms with Gasteiger partial charge in [-0.15, -0.1) is 0 Å². The number of carboxylic acids is 1. The van der Waals surface area contributed by atoms with E-state index in [0.717, 1.165) is 0 Å². The van der Waals surface area contributed by atoms with Gasteiger partial charge in [-0.25, -0.2) is 9.18 Å². The van der Waals surface area contributed by atoms with E-state index in [1.54, 1.807) is 23.6 Å². The maximum absolute atomic E-state index is 14.4. The Bertz CT molecular complexity index is 882. The Labute approximate surface area is 173 Å². The van der Waals surface area contributed by atoms with Gasteiger partial charge in [-0.3, -0.25) is 4.79 Å². The summed E-state index contributed by atoms with van der Waals surface area (Å²) in [5, 5.41) is 13.2. The van der Waals surface area contributed by atoms with Crippen LogP contribution < -0.4 is 21.3 Å². The predicted molar refractivity (Wildman–Crippen MR) is 118 cm³/mol. The van der Waals surface area contributed by atoms with Gasteiger partial charge in [0, 0.05) is 37.1 Å². The molecule has 1 rings (SSSR count). The van der Waals surface area contributed by atoms with Crippen molar-refractivity contribution in [2.75, 3.05) is 26.7 Å². The van der Waals surface area contributed by atoms with E-state index in [0.29, 0.717) is 30.7 Å². The van der Waals surface area contributed by atoms with Crippen LogP contribution in [0.25, 0.3) is 12.2 Å². The van der Waals surface area contributed by atoms with Gasteiger partial charge >= 0.3 is 5.97 Å². The monoisotopic (exact) mass is 409 g/mol. The molecule has 0 saturated heterocycles. The van der Waals surface area contributed by atoms with Gasteiger partial charge in [0.25, 0.3) is 0 Å². The van der Waals surface area contributed by atoms with Crippen molar-refractivity contribution in [3.8, 4) is 0 Å². The fraction of sp³-hybridized carbons (Fsp3) is 0.545. The van der Waals surface area contributed by atoms with E-state index in [2.05, 4.69) is 5.32 Å². The maximum atomic E-state index is 14.4. The van der Waals surface area contributed by atoms with Gasteiger partial charge in [-0.1, -0.05) is 19.9 Å². The molecule has 0 spiro atoms. The van der Waals surface area contributed by atoms with Crippen molar-refractivity contribution >= 4 is 18.1 Å². The Balaban J connectivity index is 0.00000379. The Kier molecular flexibility index (Phi) is 11.9. The summed E-state index contributed by atoms with van der Waals surface area (Å²) in [5.41, 5.74) is -0.478. The first-order chi connectivity index (χ1) is 13.7. The normalized spacial score (nSPS) is 13.2. The van der Waals surface area contributed by atoms with Crippen LogP contribution in [0.1, 0.15) is 64.9 Å². The number of aromatic nitrogens is 1. The Morgan fingerprint density at radius 2 is 1.97 bits per heavy atom. The van der Waals surface area contributed by atoms with E-state index in [9.17, 15) is 19.1 Å². The van der Waals surface area contributed by atoms with E-state index in [4.69, 9.17) is 0 Å². The lowest BCUT2D eigenvalue weighted by atomic mass is 10.1. The molecule has 0 aromatic carbocycles. The second kappa shape index (κ2) is 12.9. The van der Waals surface area contributed by atoms with Crippen molar-refractivity contribution in [3.05, 3.63) is 44.1 Å². The van der Waals surface area contributed by atoms with Crippen LogP contribution in [0.3, 0.4) is 0 Å². The average Bonchev–Trinajstić information content (AvgIpc) is 2.68. The molecule has 0 radical (unpaired) electrons. The SMILES string of the molecule is C/C=c1/c(=O)c(C(=O)O)cn(C(C)C)/c1=C/C(=C(\C)F)N(CC)CCNC.CC. The molecule has 1 heterocycles. The fourth-order valence-electron chi connectivity index (χ4n) is 2.91. The van der Waals surface area contributed by atoms with E-state index >= 15 is 0 Å². The van der Waals surface area contributed by atoms with Gasteiger partial charge in [0.1, 0.15) is 11.4 Å². The van der Waals surface area contributed by atoms with Gasteiger partial charge in [0.15, 0.2) is 0 Å². The summed E-state index contributed by atoms with van der Waals surface area (Å²) in [6.45, 7) is 14.6. The van der Waals surface area contributed by atoms with E-state index in [1.807, 2.05) is 46.6 Å². The van der Waals surface area contributed by atoms with Gasteiger partial charge in [-0.2, -0.15) is 0 Å². The number of pyridine rings is 1. The molecule has 1 aromatic heterocycles. The summed E-state index contributed by atoms with van der Waals surface area (Å²) in [7, 11) is 1.83. The van der Waals surface area contributed by atoms with Crippen LogP contribution in [0.2, 0.25) is 0 Å². The molecular weight excluding hydrogens is 373 g/mol. The molecule has 0 amide bonds. The first kappa shape index (κ1) is 26.6. The number of halogens is 1. The third-order valence-electron chi connectivity index (χ3n) is 4.37. The second-order valence-electron chi connectivity index (χ2n) is 6.51. The van der Waals surface area contributed by atoms with E-state index < -0.39 is 11.4 Å². The molecule has 0 bridgehead atoms. The van der Waals surface area contributed by atoms with Crippen LogP contribution in [0.15, 0.2) is 22.5 Å². The molecule has 1 aromatic rings. The summed E-state index contributed by atoms with van der Waals surface area (Å²) < 4.78 is 16.1. The lowest BCUT2D eigenvalue weighted by Crippen LogP contribution is -2.48. The topological polar surface area (TPSA) is 74.6 Å². The largest absolute Gasteiger partial charge is 0.477 e. The number of likely N-dealkylation sites (N-methyl/N-ethyl adjacent to an activating group) is 2. The van der Waals surface area contributed by atoms with Crippen molar-refractivity contribution in [3.63, 3.8) is 0 Å². The third-order valence-corrected chi connectivity index (χ3v) is 4.37. The Hall–Kier alpha value is -2.41. The summed E-state index contributed by atoms with van der Waals surface area (Å²) in [6, 6.07) is -0.109. The zero-order valence-corrected chi connectivity index (χ0v) is 19.0. The number of hydrogen-bond acceptors (Lipinski definition) is 4. The molecular formula is C22H36FN3O3. The molecule has 7 heteroatoms. The smallest absolute Gasteiger partial charge is 0.341 e. The highest BCUT2D eigenvalue weighted by Gasteiger charge is 2.15. The number of allylic oxidation sites excluding steroid dienone is 2. The number of carbonyl (C=O) groups is 1. The standard InChI is InChI=1S/C20H30FN3O3.C2H6/c1-7-15-18(11-17(14(5)21)23(8-2)10-9-22-6)24(13(3)4)12-16(19(15)25)20(26)27;1-2/h7,11-13,22H,8-10H2,1-6H3,(H,26,27);1-2H3/b15-7+,17-14-,18-11+;. The molecule has 0 atom stereocenters. The lowest BCUT2D eigenvalue weighted by Gasteiger charge is -2.25. The first-order valence-corrected chi connectivity index (χ1v) is 10.1. The van der Waals surface area contributed by atoms with Crippen LogP contribution in [0, 0.1) is 0 Å². The quantitative estimate of drug-likeness (QED) is 0.690. The highest BCUT2D eigenvalue weighted by Crippen LogP contribution is 2.13. The summed E-state index contributed by atoms with van der Waals surface area (Å²) in [4.78, 5) is 26.0. The van der Waals surface area contributed by atoms with Crippen LogP contribution >= 0.6 is 0 Å². The summed E-state index contributed by atoms with van der Waals surface area (Å²) in [6.07, 6.45) is 4.55. The van der Waals surface area contributed by atoms with Gasteiger partial charge < -0.3 is 19.9 Å². The van der Waals surface area contributed by atoms with E-state index in [1.165, 1.54) is 13.1 Å².